The van der Waals surface area contributed by atoms with Crippen molar-refractivity contribution < 1.29 is 4.39 Å². The van der Waals surface area contributed by atoms with Gasteiger partial charge in [0.05, 0.1) is 6.67 Å². The quantitative estimate of drug-likeness (QED) is 0.238. The molecule has 0 spiro atoms. The van der Waals surface area contributed by atoms with Gasteiger partial charge in [-0.3, -0.25) is 4.39 Å². The molecule has 0 unspecified atom stereocenters. The topological polar surface area (TPSA) is 0 Å². The van der Waals surface area contributed by atoms with Crippen LogP contribution in [-0.4, -0.2) is 6.67 Å². The highest BCUT2D eigenvalue weighted by Crippen LogP contribution is 2.45. The molecule has 1 aromatic carbocycles. The maximum Gasteiger partial charge on any atom is 0.0934 e. The fourth-order valence-electron chi connectivity index (χ4n) is 8.25. The van der Waals surface area contributed by atoms with Gasteiger partial charge in [-0.15, -0.1) is 0 Å². The summed E-state index contributed by atoms with van der Waals surface area (Å²) in [5.74, 6) is 5.91. The van der Waals surface area contributed by atoms with Crippen molar-refractivity contribution >= 4 is 0 Å². The van der Waals surface area contributed by atoms with Crippen LogP contribution in [0.5, 0.6) is 0 Å². The van der Waals surface area contributed by atoms with Crippen molar-refractivity contribution in [1.29, 1.82) is 0 Å². The number of alkyl halides is 1. The molecule has 1 aromatic rings. The molecule has 0 saturated heterocycles. The van der Waals surface area contributed by atoms with Gasteiger partial charge in [-0.1, -0.05) is 121 Å². The molecular formula is C35H57F. The first-order valence-electron chi connectivity index (χ1n) is 16.4. The second-order valence-corrected chi connectivity index (χ2v) is 13.2. The molecule has 3 fully saturated rings. The Morgan fingerprint density at radius 3 is 1.64 bits per heavy atom. The van der Waals surface area contributed by atoms with Gasteiger partial charge in [0.1, 0.15) is 0 Å². The standard InChI is InChI=1S/C35H57F/c1-2-3-4-5-6-7-28-8-10-29(11-9-28)12-13-30-14-18-32(19-15-30)34-22-24-35(25-23-34)33-20-16-31(17-21-33)26-27-36/h16-17,20-21,28-30,32,34-35H,2-15,18-19,22-27H2,1H3/t28-,29-,30-,32-,34?,35?. The van der Waals surface area contributed by atoms with Gasteiger partial charge in [0.15, 0.2) is 0 Å². The van der Waals surface area contributed by atoms with Gasteiger partial charge in [-0.05, 0) is 85.2 Å². The van der Waals surface area contributed by atoms with Crippen molar-refractivity contribution in [1.82, 2.24) is 0 Å². The van der Waals surface area contributed by atoms with E-state index < -0.39 is 0 Å². The highest BCUT2D eigenvalue weighted by Gasteiger charge is 2.31. The van der Waals surface area contributed by atoms with E-state index in [0.717, 1.165) is 41.1 Å². The predicted octanol–water partition coefficient (Wildman–Crippen LogP) is 11.2. The Bertz CT molecular complexity index is 684. The molecule has 0 aliphatic heterocycles. The van der Waals surface area contributed by atoms with Crippen LogP contribution in [-0.2, 0) is 6.42 Å². The molecule has 1 heteroatoms. The summed E-state index contributed by atoms with van der Waals surface area (Å²) in [6.07, 6.45) is 30.2. The molecule has 3 aliphatic rings. The van der Waals surface area contributed by atoms with Gasteiger partial charge in [-0.2, -0.15) is 0 Å². The number of unbranched alkanes of at least 4 members (excludes halogenated alkanes) is 4. The Hall–Kier alpha value is -0.850. The summed E-state index contributed by atoms with van der Waals surface area (Å²) in [4.78, 5) is 0. The van der Waals surface area contributed by atoms with Crippen molar-refractivity contribution in [2.24, 2.45) is 29.6 Å². The Labute approximate surface area is 223 Å². The summed E-state index contributed by atoms with van der Waals surface area (Å²) in [6.45, 7) is 2.08. The fourth-order valence-corrected chi connectivity index (χ4v) is 8.25. The third-order valence-corrected chi connectivity index (χ3v) is 10.8. The Balaban J connectivity index is 1.06. The third kappa shape index (κ3) is 8.87. The number of benzene rings is 1. The van der Waals surface area contributed by atoms with E-state index >= 15 is 0 Å². The van der Waals surface area contributed by atoms with Crippen LogP contribution in [0, 0.1) is 29.6 Å². The molecule has 204 valence electrons. The monoisotopic (exact) mass is 496 g/mol. The second-order valence-electron chi connectivity index (χ2n) is 13.2. The second kappa shape index (κ2) is 15.5. The van der Waals surface area contributed by atoms with E-state index in [4.69, 9.17) is 0 Å². The average Bonchev–Trinajstić information content (AvgIpc) is 2.93. The van der Waals surface area contributed by atoms with E-state index in [-0.39, 0.29) is 6.67 Å². The summed E-state index contributed by atoms with van der Waals surface area (Å²) in [5, 5.41) is 0. The zero-order chi connectivity index (χ0) is 25.0. The lowest BCUT2D eigenvalue weighted by Gasteiger charge is -2.38. The first kappa shape index (κ1) is 28.2. The zero-order valence-electron chi connectivity index (χ0n) is 23.7. The van der Waals surface area contributed by atoms with E-state index in [1.165, 1.54) is 134 Å². The molecule has 0 radical (unpaired) electrons. The summed E-state index contributed by atoms with van der Waals surface area (Å²) in [6, 6.07) is 8.87. The number of halogens is 1. The summed E-state index contributed by atoms with van der Waals surface area (Å²) in [5.41, 5.74) is 2.65. The molecule has 0 atom stereocenters. The van der Waals surface area contributed by atoms with Crippen LogP contribution in [0.2, 0.25) is 0 Å². The van der Waals surface area contributed by atoms with E-state index in [1.54, 1.807) is 0 Å². The molecule has 0 aromatic heterocycles. The number of aryl methyl sites for hydroxylation is 1. The van der Waals surface area contributed by atoms with E-state index in [2.05, 4.69) is 31.2 Å². The van der Waals surface area contributed by atoms with Crippen molar-refractivity contribution in [3.05, 3.63) is 35.4 Å². The highest BCUT2D eigenvalue weighted by molar-refractivity contribution is 5.26. The van der Waals surface area contributed by atoms with Crippen LogP contribution in [0.1, 0.15) is 152 Å². The van der Waals surface area contributed by atoms with Crippen LogP contribution in [0.25, 0.3) is 0 Å². The van der Waals surface area contributed by atoms with Gasteiger partial charge >= 0.3 is 0 Å². The van der Waals surface area contributed by atoms with Gasteiger partial charge < -0.3 is 0 Å². The normalized spacial score (nSPS) is 31.4. The minimum atomic E-state index is -0.243. The lowest BCUT2D eigenvalue weighted by molar-refractivity contribution is 0.149. The summed E-state index contributed by atoms with van der Waals surface area (Å²) in [7, 11) is 0. The van der Waals surface area contributed by atoms with Gasteiger partial charge in [0, 0.05) is 6.42 Å². The summed E-state index contributed by atoms with van der Waals surface area (Å²) < 4.78 is 12.6. The van der Waals surface area contributed by atoms with Crippen molar-refractivity contribution in [2.45, 2.75) is 148 Å². The molecule has 36 heavy (non-hydrogen) atoms. The van der Waals surface area contributed by atoms with Crippen molar-refractivity contribution in [3.8, 4) is 0 Å². The first-order valence-corrected chi connectivity index (χ1v) is 16.4. The maximum atomic E-state index is 12.6. The Kier molecular flexibility index (Phi) is 12.2. The molecule has 3 aliphatic carbocycles. The predicted molar refractivity (Wildman–Crippen MR) is 154 cm³/mol. The van der Waals surface area contributed by atoms with Gasteiger partial charge in [0.2, 0.25) is 0 Å². The molecule has 0 bridgehead atoms. The van der Waals surface area contributed by atoms with Crippen molar-refractivity contribution in [2.75, 3.05) is 6.67 Å². The van der Waals surface area contributed by atoms with Crippen LogP contribution in [0.4, 0.5) is 4.39 Å². The van der Waals surface area contributed by atoms with E-state index in [9.17, 15) is 4.39 Å². The smallest absolute Gasteiger partial charge is 0.0934 e. The third-order valence-electron chi connectivity index (χ3n) is 10.8. The Morgan fingerprint density at radius 1 is 0.583 bits per heavy atom. The van der Waals surface area contributed by atoms with Crippen LogP contribution in [0.3, 0.4) is 0 Å². The van der Waals surface area contributed by atoms with Crippen LogP contribution in [0.15, 0.2) is 24.3 Å². The molecule has 0 N–H and O–H groups in total. The average molecular weight is 497 g/mol. The van der Waals surface area contributed by atoms with Crippen LogP contribution >= 0.6 is 0 Å². The SMILES string of the molecule is CCCCCCC[C@H]1CC[C@H](CC[C@H]2CC[C@H](C3CCC(c4ccc(CCF)cc4)CC3)CC2)CC1. The van der Waals surface area contributed by atoms with Crippen molar-refractivity contribution in [3.63, 3.8) is 0 Å². The molecule has 0 amide bonds. The van der Waals surface area contributed by atoms with E-state index in [0.29, 0.717) is 6.42 Å². The minimum Gasteiger partial charge on any atom is -0.251 e. The Morgan fingerprint density at radius 2 is 1.08 bits per heavy atom. The maximum absolute atomic E-state index is 12.6. The highest BCUT2D eigenvalue weighted by atomic mass is 19.1. The first-order chi connectivity index (χ1) is 17.7. The lowest BCUT2D eigenvalue weighted by Crippen LogP contribution is -2.25. The fraction of sp³-hybridized carbons (Fsp3) is 0.829. The lowest BCUT2D eigenvalue weighted by atomic mass is 9.67. The summed E-state index contributed by atoms with van der Waals surface area (Å²) >= 11 is 0. The molecular weight excluding hydrogens is 439 g/mol. The zero-order valence-corrected chi connectivity index (χ0v) is 23.7. The van der Waals surface area contributed by atoms with Crippen LogP contribution < -0.4 is 0 Å². The number of hydrogen-bond acceptors (Lipinski definition) is 0. The van der Waals surface area contributed by atoms with E-state index in [1.807, 2.05) is 0 Å². The van der Waals surface area contributed by atoms with Gasteiger partial charge in [-0.25, -0.2) is 0 Å². The largest absolute Gasteiger partial charge is 0.251 e. The molecule has 3 saturated carbocycles. The number of rotatable bonds is 13. The molecule has 0 heterocycles. The minimum absolute atomic E-state index is 0.243. The van der Waals surface area contributed by atoms with Gasteiger partial charge in [0.25, 0.3) is 0 Å². The molecule has 4 rings (SSSR count). The number of hydrogen-bond donors (Lipinski definition) is 0. The molecule has 0 nitrogen and oxygen atoms in total.